The average Bonchev–Trinajstić information content (AvgIpc) is 3.64. The second kappa shape index (κ2) is 13.7. The van der Waals surface area contributed by atoms with Crippen molar-refractivity contribution in [2.75, 3.05) is 0 Å². The van der Waals surface area contributed by atoms with Gasteiger partial charge in [-0.3, -0.25) is 19.4 Å². The number of ether oxygens (including phenoxy) is 1. The molecular formula is C26H27F2N7O5S. The first-order chi connectivity index (χ1) is 19.7. The van der Waals surface area contributed by atoms with Gasteiger partial charge in [0.05, 0.1) is 36.5 Å². The number of hydrogen-bond donors (Lipinski definition) is 3. The monoisotopic (exact) mass is 587 g/mol. The number of esters is 1. The Morgan fingerprint density at radius 2 is 1.98 bits per heavy atom. The number of nitrogens with two attached hydrogens (primary N) is 1. The lowest BCUT2D eigenvalue weighted by molar-refractivity contribution is -0.151. The number of aliphatic imine (C=N–C) groups is 1. The molecule has 0 saturated heterocycles. The van der Waals surface area contributed by atoms with E-state index in [-0.39, 0.29) is 42.7 Å². The molecule has 0 spiro atoms. The minimum absolute atomic E-state index is 0.0209. The van der Waals surface area contributed by atoms with Crippen molar-refractivity contribution in [2.24, 2.45) is 10.7 Å². The van der Waals surface area contributed by atoms with Crippen LogP contribution >= 0.6 is 11.3 Å². The van der Waals surface area contributed by atoms with Gasteiger partial charge in [0.1, 0.15) is 16.4 Å². The lowest BCUT2D eigenvalue weighted by Gasteiger charge is -2.18. The molecule has 3 aromatic heterocycles. The zero-order chi connectivity index (χ0) is 29.4. The predicted molar refractivity (Wildman–Crippen MR) is 144 cm³/mol. The van der Waals surface area contributed by atoms with Crippen molar-refractivity contribution in [3.8, 4) is 10.6 Å². The average molecular weight is 588 g/mol. The Morgan fingerprint density at radius 3 is 2.73 bits per heavy atom. The van der Waals surface area contributed by atoms with E-state index in [0.717, 1.165) is 55.6 Å². The van der Waals surface area contributed by atoms with Crippen LogP contribution in [0.2, 0.25) is 0 Å². The number of thiazole rings is 1. The van der Waals surface area contributed by atoms with Crippen LogP contribution in [-0.4, -0.2) is 55.0 Å². The first-order valence-electron chi connectivity index (χ1n) is 12.7. The lowest BCUT2D eigenvalue weighted by Crippen LogP contribution is -2.27. The summed E-state index contributed by atoms with van der Waals surface area (Å²) in [6, 6.07) is 1.78. The van der Waals surface area contributed by atoms with Crippen LogP contribution in [0.4, 0.5) is 8.78 Å². The highest BCUT2D eigenvalue weighted by Gasteiger charge is 2.19. The number of nitrogens with one attached hydrogen (secondary N) is 1. The molecule has 1 aliphatic rings. The van der Waals surface area contributed by atoms with E-state index < -0.39 is 35.3 Å². The van der Waals surface area contributed by atoms with E-state index in [1.54, 1.807) is 6.20 Å². The fourth-order valence-corrected chi connectivity index (χ4v) is 4.75. The molecule has 0 radical (unpaired) electrons. The van der Waals surface area contributed by atoms with Crippen molar-refractivity contribution in [3.63, 3.8) is 0 Å². The Hall–Kier alpha value is -4.53. The largest absolute Gasteiger partial charge is 0.481 e. The lowest BCUT2D eigenvalue weighted by atomic mass is 9.96. The number of halogens is 2. The second-order valence-corrected chi connectivity index (χ2v) is 10.0. The first kappa shape index (κ1) is 29.5. The zero-order valence-electron chi connectivity index (χ0n) is 21.8. The zero-order valence-corrected chi connectivity index (χ0v) is 22.6. The SMILES string of the molecule is N/C(=C(\C=NC1CCCCC1)NC(=O)c1csc(-c2cnn(COC(=O)CCC(=O)O)c2)n1)c1nc(F)ccc1F. The van der Waals surface area contributed by atoms with Gasteiger partial charge in [0.2, 0.25) is 5.95 Å². The van der Waals surface area contributed by atoms with Crippen molar-refractivity contribution >= 4 is 41.1 Å². The highest BCUT2D eigenvalue weighted by molar-refractivity contribution is 7.13. The maximum absolute atomic E-state index is 14.4. The number of carboxylic acid groups (broad SMARTS) is 1. The van der Waals surface area contributed by atoms with Crippen LogP contribution in [0.25, 0.3) is 16.3 Å². The van der Waals surface area contributed by atoms with Crippen molar-refractivity contribution < 1.29 is 33.0 Å². The predicted octanol–water partition coefficient (Wildman–Crippen LogP) is 3.51. The maximum Gasteiger partial charge on any atom is 0.308 e. The van der Waals surface area contributed by atoms with Crippen LogP contribution in [0.3, 0.4) is 0 Å². The molecule has 1 aliphatic carbocycles. The van der Waals surface area contributed by atoms with Gasteiger partial charge in [-0.05, 0) is 25.0 Å². The van der Waals surface area contributed by atoms with E-state index in [1.165, 1.54) is 22.5 Å². The smallest absolute Gasteiger partial charge is 0.308 e. The van der Waals surface area contributed by atoms with Gasteiger partial charge in [-0.25, -0.2) is 19.0 Å². The summed E-state index contributed by atoms with van der Waals surface area (Å²) in [5.74, 6) is -4.23. The van der Waals surface area contributed by atoms with Crippen molar-refractivity contribution in [1.82, 2.24) is 25.1 Å². The topological polar surface area (TPSA) is 175 Å². The fraction of sp³-hybridized carbons (Fsp3) is 0.346. The number of allylic oxidation sites excluding steroid dienone is 1. The van der Waals surface area contributed by atoms with Gasteiger partial charge in [0.15, 0.2) is 12.5 Å². The Bertz CT molecular complexity index is 1480. The summed E-state index contributed by atoms with van der Waals surface area (Å²) in [5, 5.41) is 17.3. The summed E-state index contributed by atoms with van der Waals surface area (Å²) in [4.78, 5) is 47.7. The molecule has 4 rings (SSSR count). The van der Waals surface area contributed by atoms with Crippen LogP contribution in [0, 0.1) is 11.8 Å². The molecule has 15 heteroatoms. The van der Waals surface area contributed by atoms with E-state index in [9.17, 15) is 23.2 Å². The van der Waals surface area contributed by atoms with Gasteiger partial charge < -0.3 is 20.9 Å². The number of amides is 1. The molecule has 4 N–H and O–H groups in total. The highest BCUT2D eigenvalue weighted by Crippen LogP contribution is 2.24. The molecule has 216 valence electrons. The third-order valence-electron chi connectivity index (χ3n) is 6.11. The molecule has 1 amide bonds. The molecule has 3 heterocycles. The summed E-state index contributed by atoms with van der Waals surface area (Å²) in [6.45, 7) is -0.227. The maximum atomic E-state index is 14.4. The molecule has 1 fully saturated rings. The van der Waals surface area contributed by atoms with Gasteiger partial charge in [-0.1, -0.05) is 19.3 Å². The van der Waals surface area contributed by atoms with Crippen LogP contribution in [-0.2, 0) is 21.1 Å². The number of aliphatic carboxylic acids is 1. The number of aromatic nitrogens is 4. The number of nitrogens with zero attached hydrogens (tertiary/aromatic N) is 5. The highest BCUT2D eigenvalue weighted by atomic mass is 32.1. The number of hydrogen-bond acceptors (Lipinski definition) is 10. The summed E-state index contributed by atoms with van der Waals surface area (Å²) in [6.07, 6.45) is 8.66. The Balaban J connectivity index is 1.48. The van der Waals surface area contributed by atoms with Crippen LogP contribution < -0.4 is 11.1 Å². The fourth-order valence-electron chi connectivity index (χ4n) is 3.97. The van der Waals surface area contributed by atoms with Gasteiger partial charge in [0.25, 0.3) is 5.91 Å². The first-order valence-corrected chi connectivity index (χ1v) is 13.6. The number of carbonyl (C=O) groups is 3. The third-order valence-corrected chi connectivity index (χ3v) is 7.00. The van der Waals surface area contributed by atoms with Crippen LogP contribution in [0.1, 0.15) is 61.1 Å². The standard InChI is InChI=1S/C26H27F2N7O5S/c27-17-6-7-20(28)34-24(17)23(29)18(11-30-16-4-2-1-3-5-16)32-25(39)19-13-41-26(33-19)15-10-31-35(12-15)14-40-22(38)9-8-21(36)37/h6-7,10-13,16H,1-5,8-9,14,29H2,(H,32,39)(H,36,37)/b23-18+,30-11?. The number of pyridine rings is 1. The van der Waals surface area contributed by atoms with E-state index in [1.807, 2.05) is 0 Å². The molecule has 0 aliphatic heterocycles. The van der Waals surface area contributed by atoms with Gasteiger partial charge >= 0.3 is 11.9 Å². The van der Waals surface area contributed by atoms with Crippen molar-refractivity contribution in [3.05, 3.63) is 58.8 Å². The van der Waals surface area contributed by atoms with E-state index >= 15 is 0 Å². The Kier molecular flexibility index (Phi) is 9.84. The van der Waals surface area contributed by atoms with Gasteiger partial charge in [0, 0.05) is 23.4 Å². The Labute approximate surface area is 237 Å². The molecule has 1 saturated carbocycles. The summed E-state index contributed by atoms with van der Waals surface area (Å²) in [7, 11) is 0. The third kappa shape index (κ3) is 8.23. The van der Waals surface area contributed by atoms with E-state index in [0.29, 0.717) is 10.6 Å². The summed E-state index contributed by atoms with van der Waals surface area (Å²) < 4.78 is 34.5. The quantitative estimate of drug-likeness (QED) is 0.172. The number of carboxylic acids is 1. The number of carbonyl (C=O) groups excluding carboxylic acids is 2. The van der Waals surface area contributed by atoms with E-state index in [4.69, 9.17) is 15.6 Å². The molecule has 0 bridgehead atoms. The van der Waals surface area contributed by atoms with Gasteiger partial charge in [-0.15, -0.1) is 11.3 Å². The molecular weight excluding hydrogens is 560 g/mol. The minimum Gasteiger partial charge on any atom is -0.481 e. The van der Waals surface area contributed by atoms with Crippen LogP contribution in [0.5, 0.6) is 0 Å². The van der Waals surface area contributed by atoms with Crippen molar-refractivity contribution in [1.29, 1.82) is 0 Å². The van der Waals surface area contributed by atoms with E-state index in [2.05, 4.69) is 25.4 Å². The molecule has 0 atom stereocenters. The summed E-state index contributed by atoms with van der Waals surface area (Å²) >= 11 is 1.15. The molecule has 41 heavy (non-hydrogen) atoms. The molecule has 0 unspecified atom stereocenters. The molecule has 3 aromatic rings. The molecule has 0 aromatic carbocycles. The summed E-state index contributed by atoms with van der Waals surface area (Å²) in [5.41, 5.74) is 5.93. The normalized spacial score (nSPS) is 14.6. The molecule has 12 nitrogen and oxygen atoms in total. The van der Waals surface area contributed by atoms with Gasteiger partial charge in [-0.2, -0.15) is 9.49 Å². The Morgan fingerprint density at radius 1 is 1.20 bits per heavy atom. The van der Waals surface area contributed by atoms with Crippen molar-refractivity contribution in [2.45, 2.75) is 57.7 Å². The number of rotatable bonds is 11. The second-order valence-electron chi connectivity index (χ2n) is 9.16. The van der Waals surface area contributed by atoms with Crippen LogP contribution in [0.15, 0.2) is 40.6 Å². The minimum atomic E-state index is -1.11.